The quantitative estimate of drug-likeness (QED) is 0.528. The van der Waals surface area contributed by atoms with Crippen molar-refractivity contribution in [2.75, 3.05) is 0 Å². The fraction of sp³-hybridized carbons (Fsp3) is 1.00. The van der Waals surface area contributed by atoms with E-state index in [2.05, 4.69) is 34.6 Å². The second-order valence-corrected chi connectivity index (χ2v) is 4.68. The van der Waals surface area contributed by atoms with Crippen LogP contribution in [0.5, 0.6) is 0 Å². The van der Waals surface area contributed by atoms with Crippen molar-refractivity contribution >= 4 is 0 Å². The average molecular weight is 184 g/mol. The Morgan fingerprint density at radius 2 is 1.54 bits per heavy atom. The SMILES string of the molecule is CCCC(C)CC(CC)C(C)CC. The van der Waals surface area contributed by atoms with Crippen LogP contribution in [-0.4, -0.2) is 0 Å². The van der Waals surface area contributed by atoms with E-state index in [1.165, 1.54) is 32.1 Å². The van der Waals surface area contributed by atoms with Gasteiger partial charge in [0.2, 0.25) is 0 Å². The van der Waals surface area contributed by atoms with Gasteiger partial charge in [0.25, 0.3) is 0 Å². The lowest BCUT2D eigenvalue weighted by Gasteiger charge is -2.24. The minimum Gasteiger partial charge on any atom is -0.0654 e. The Labute approximate surface area is 85.1 Å². The molecule has 80 valence electrons. The molecular weight excluding hydrogens is 156 g/mol. The van der Waals surface area contributed by atoms with Gasteiger partial charge >= 0.3 is 0 Å². The molecule has 0 bridgehead atoms. The monoisotopic (exact) mass is 184 g/mol. The molecule has 0 aromatic heterocycles. The Bertz CT molecular complexity index is 107. The first-order valence-corrected chi connectivity index (χ1v) is 6.15. The van der Waals surface area contributed by atoms with Crippen molar-refractivity contribution in [3.05, 3.63) is 0 Å². The van der Waals surface area contributed by atoms with E-state index in [4.69, 9.17) is 0 Å². The third-order valence-corrected chi connectivity index (χ3v) is 3.46. The van der Waals surface area contributed by atoms with Gasteiger partial charge in [-0.2, -0.15) is 0 Å². The van der Waals surface area contributed by atoms with Crippen molar-refractivity contribution in [1.82, 2.24) is 0 Å². The highest BCUT2D eigenvalue weighted by atomic mass is 14.2. The lowest BCUT2D eigenvalue weighted by Crippen LogP contribution is -2.13. The number of rotatable bonds is 7. The van der Waals surface area contributed by atoms with Gasteiger partial charge in [-0.15, -0.1) is 0 Å². The highest BCUT2D eigenvalue weighted by molar-refractivity contribution is 4.67. The molecule has 0 amide bonds. The summed E-state index contributed by atoms with van der Waals surface area (Å²) in [4.78, 5) is 0. The molecular formula is C13H28. The van der Waals surface area contributed by atoms with Gasteiger partial charge in [-0.3, -0.25) is 0 Å². The molecule has 0 spiro atoms. The first-order valence-electron chi connectivity index (χ1n) is 6.15. The molecule has 0 nitrogen and oxygen atoms in total. The van der Waals surface area contributed by atoms with Crippen LogP contribution in [0.3, 0.4) is 0 Å². The van der Waals surface area contributed by atoms with E-state index >= 15 is 0 Å². The minimum absolute atomic E-state index is 0.921. The summed E-state index contributed by atoms with van der Waals surface area (Å²) >= 11 is 0. The second kappa shape index (κ2) is 7.41. The first-order chi connectivity index (χ1) is 6.15. The summed E-state index contributed by atoms with van der Waals surface area (Å²) in [7, 11) is 0. The van der Waals surface area contributed by atoms with Gasteiger partial charge in [-0.05, 0) is 24.2 Å². The summed E-state index contributed by atoms with van der Waals surface area (Å²) in [6.07, 6.45) is 6.91. The zero-order chi connectivity index (χ0) is 10.3. The molecule has 0 fully saturated rings. The maximum absolute atomic E-state index is 2.41. The van der Waals surface area contributed by atoms with Crippen molar-refractivity contribution in [2.45, 2.75) is 66.7 Å². The van der Waals surface area contributed by atoms with E-state index in [1.807, 2.05) is 0 Å². The standard InChI is InChI=1S/C13H28/c1-6-9-11(4)10-13(8-3)12(5)7-2/h11-13H,6-10H2,1-5H3. The lowest BCUT2D eigenvalue weighted by molar-refractivity contribution is 0.269. The fourth-order valence-corrected chi connectivity index (χ4v) is 2.26. The molecule has 0 aliphatic rings. The normalized spacial score (nSPS) is 18.2. The van der Waals surface area contributed by atoms with Crippen LogP contribution >= 0.6 is 0 Å². The molecule has 0 rings (SSSR count). The van der Waals surface area contributed by atoms with Crippen LogP contribution in [0.4, 0.5) is 0 Å². The zero-order valence-electron chi connectivity index (χ0n) is 10.3. The largest absolute Gasteiger partial charge is 0.0654 e. The van der Waals surface area contributed by atoms with Gasteiger partial charge in [0, 0.05) is 0 Å². The van der Waals surface area contributed by atoms with Crippen LogP contribution in [0, 0.1) is 17.8 Å². The minimum atomic E-state index is 0.921. The van der Waals surface area contributed by atoms with Crippen LogP contribution < -0.4 is 0 Å². The van der Waals surface area contributed by atoms with Crippen molar-refractivity contribution in [1.29, 1.82) is 0 Å². The van der Waals surface area contributed by atoms with Crippen LogP contribution in [0.15, 0.2) is 0 Å². The van der Waals surface area contributed by atoms with E-state index < -0.39 is 0 Å². The molecule has 0 aliphatic carbocycles. The van der Waals surface area contributed by atoms with E-state index in [9.17, 15) is 0 Å². The van der Waals surface area contributed by atoms with Crippen LogP contribution in [0.25, 0.3) is 0 Å². The van der Waals surface area contributed by atoms with Gasteiger partial charge in [-0.1, -0.05) is 60.3 Å². The van der Waals surface area contributed by atoms with Crippen LogP contribution in [0.2, 0.25) is 0 Å². The first kappa shape index (κ1) is 13.0. The van der Waals surface area contributed by atoms with E-state index in [1.54, 1.807) is 0 Å². The Balaban J connectivity index is 3.82. The molecule has 0 N–H and O–H groups in total. The van der Waals surface area contributed by atoms with Gasteiger partial charge in [0.1, 0.15) is 0 Å². The predicted molar refractivity (Wildman–Crippen MR) is 61.9 cm³/mol. The third-order valence-electron chi connectivity index (χ3n) is 3.46. The van der Waals surface area contributed by atoms with E-state index in [-0.39, 0.29) is 0 Å². The average Bonchev–Trinajstić information content (AvgIpc) is 2.13. The molecule has 0 radical (unpaired) electrons. The lowest BCUT2D eigenvalue weighted by atomic mass is 9.82. The highest BCUT2D eigenvalue weighted by Gasteiger charge is 2.16. The molecule has 0 heteroatoms. The molecule has 0 heterocycles. The Hall–Kier alpha value is 0. The molecule has 0 saturated heterocycles. The predicted octanol–water partition coefficient (Wildman–Crippen LogP) is 4.89. The zero-order valence-corrected chi connectivity index (χ0v) is 10.3. The van der Waals surface area contributed by atoms with E-state index in [0.717, 1.165) is 17.8 Å². The second-order valence-electron chi connectivity index (χ2n) is 4.68. The van der Waals surface area contributed by atoms with Gasteiger partial charge in [-0.25, -0.2) is 0 Å². The third kappa shape index (κ3) is 5.33. The molecule has 3 atom stereocenters. The Morgan fingerprint density at radius 1 is 0.923 bits per heavy atom. The molecule has 0 aliphatic heterocycles. The van der Waals surface area contributed by atoms with Crippen LogP contribution in [-0.2, 0) is 0 Å². The summed E-state index contributed by atoms with van der Waals surface area (Å²) in [5.41, 5.74) is 0. The number of hydrogen-bond acceptors (Lipinski definition) is 0. The molecule has 13 heavy (non-hydrogen) atoms. The summed E-state index contributed by atoms with van der Waals surface area (Å²) < 4.78 is 0. The maximum atomic E-state index is 2.41. The van der Waals surface area contributed by atoms with Crippen molar-refractivity contribution < 1.29 is 0 Å². The summed E-state index contributed by atoms with van der Waals surface area (Å²) in [6.45, 7) is 11.8. The molecule has 0 saturated carbocycles. The molecule has 3 unspecified atom stereocenters. The summed E-state index contributed by atoms with van der Waals surface area (Å²) in [5, 5.41) is 0. The van der Waals surface area contributed by atoms with Crippen molar-refractivity contribution in [3.8, 4) is 0 Å². The number of hydrogen-bond donors (Lipinski definition) is 0. The topological polar surface area (TPSA) is 0 Å². The Kier molecular flexibility index (Phi) is 7.41. The smallest absolute Gasteiger partial charge is 0.0389 e. The fourth-order valence-electron chi connectivity index (χ4n) is 2.26. The summed E-state index contributed by atoms with van der Waals surface area (Å²) in [5.74, 6) is 2.82. The van der Waals surface area contributed by atoms with Crippen LogP contribution in [0.1, 0.15) is 66.7 Å². The maximum Gasteiger partial charge on any atom is -0.0389 e. The highest BCUT2D eigenvalue weighted by Crippen LogP contribution is 2.27. The summed E-state index contributed by atoms with van der Waals surface area (Å²) in [6, 6.07) is 0. The molecule has 0 aromatic rings. The van der Waals surface area contributed by atoms with Crippen molar-refractivity contribution in [2.24, 2.45) is 17.8 Å². The van der Waals surface area contributed by atoms with Gasteiger partial charge in [0.15, 0.2) is 0 Å². The Morgan fingerprint density at radius 3 is 1.92 bits per heavy atom. The van der Waals surface area contributed by atoms with E-state index in [0.29, 0.717) is 0 Å². The molecule has 0 aromatic carbocycles. The van der Waals surface area contributed by atoms with Crippen molar-refractivity contribution in [3.63, 3.8) is 0 Å². The van der Waals surface area contributed by atoms with Gasteiger partial charge < -0.3 is 0 Å². The van der Waals surface area contributed by atoms with Gasteiger partial charge in [0.05, 0.1) is 0 Å².